The number of allylic oxidation sites excluding steroid dienone is 2. The maximum absolute atomic E-state index is 11.5. The highest BCUT2D eigenvalue weighted by Gasteiger charge is 2.45. The fraction of sp³-hybridized carbons (Fsp3) is 0.900. The number of rotatable bonds is 6. The summed E-state index contributed by atoms with van der Waals surface area (Å²) in [6.07, 6.45) is 13.0. The molecule has 0 saturated heterocycles. The molecule has 4 atom stereocenters. The van der Waals surface area contributed by atoms with Crippen LogP contribution in [0.25, 0.3) is 0 Å². The number of hydrogen-bond donors (Lipinski definition) is 0. The first-order valence-corrected chi connectivity index (χ1v) is 12.5. The molecule has 5 heteroatoms. The van der Waals surface area contributed by atoms with Crippen molar-refractivity contribution < 1.29 is 12.6 Å². The Bertz CT molecular complexity index is 610. The molecule has 2 rings (SSSR count). The van der Waals surface area contributed by atoms with E-state index in [0.717, 1.165) is 31.9 Å². The van der Waals surface area contributed by atoms with Crippen LogP contribution in [-0.4, -0.2) is 24.7 Å². The van der Waals surface area contributed by atoms with Crippen LogP contribution in [0, 0.1) is 16.7 Å². The van der Waals surface area contributed by atoms with Crippen LogP contribution in [0.15, 0.2) is 11.6 Å². The van der Waals surface area contributed by atoms with E-state index in [9.17, 15) is 8.42 Å². The maximum atomic E-state index is 11.5. The second-order valence-electron chi connectivity index (χ2n) is 9.33. The van der Waals surface area contributed by atoms with Gasteiger partial charge in [-0.15, -0.1) is 0 Å². The molecule has 0 aromatic heterocycles. The lowest BCUT2D eigenvalue weighted by atomic mass is 9.57. The van der Waals surface area contributed by atoms with Gasteiger partial charge in [0.15, 0.2) is 0 Å². The minimum atomic E-state index is -3.37. The van der Waals surface area contributed by atoms with Crippen LogP contribution in [0.1, 0.15) is 79.1 Å². The van der Waals surface area contributed by atoms with E-state index in [1.807, 2.05) is 0 Å². The van der Waals surface area contributed by atoms with Gasteiger partial charge in [0.2, 0.25) is 0 Å². The van der Waals surface area contributed by atoms with Gasteiger partial charge in [0.1, 0.15) is 0 Å². The molecule has 1 fully saturated rings. The second-order valence-corrected chi connectivity index (χ2v) is 13.6. The van der Waals surface area contributed by atoms with E-state index >= 15 is 0 Å². The summed E-state index contributed by atoms with van der Waals surface area (Å²) < 4.78 is 28.5. The predicted octanol–water partition coefficient (Wildman–Crippen LogP) is 5.88. The van der Waals surface area contributed by atoms with Gasteiger partial charge in [-0.2, -0.15) is 8.42 Å². The van der Waals surface area contributed by atoms with E-state index in [2.05, 4.69) is 56.4 Å². The number of hydrogen-bond acceptors (Lipinski definition) is 3. The summed E-state index contributed by atoms with van der Waals surface area (Å²) in [5.41, 5.74) is 1.77. The van der Waals surface area contributed by atoms with Crippen LogP contribution in [0.5, 0.6) is 0 Å². The molecule has 0 N–H and O–H groups in total. The first-order valence-electron chi connectivity index (χ1n) is 9.62. The Kier molecular flexibility index (Phi) is 6.75. The largest absolute Gasteiger partial charge is 0.270 e. The highest BCUT2D eigenvalue weighted by Crippen LogP contribution is 2.55. The summed E-state index contributed by atoms with van der Waals surface area (Å²) in [6.45, 7) is 9.59. The van der Waals surface area contributed by atoms with Crippen LogP contribution in [-0.2, 0) is 14.3 Å². The zero-order valence-electron chi connectivity index (χ0n) is 16.5. The van der Waals surface area contributed by atoms with Gasteiger partial charge in [-0.25, -0.2) is 0 Å². The van der Waals surface area contributed by atoms with Crippen molar-refractivity contribution in [1.82, 2.24) is 0 Å². The van der Waals surface area contributed by atoms with Gasteiger partial charge >= 0.3 is 0 Å². The van der Waals surface area contributed by atoms with Crippen molar-refractivity contribution >= 4 is 32.7 Å². The Morgan fingerprint density at radius 3 is 2.56 bits per heavy atom. The molecule has 25 heavy (non-hydrogen) atoms. The molecule has 0 heterocycles. The zero-order chi connectivity index (χ0) is 18.9. The van der Waals surface area contributed by atoms with Gasteiger partial charge in [0.25, 0.3) is 10.1 Å². The predicted molar refractivity (Wildman–Crippen MR) is 114 cm³/mol. The first kappa shape index (κ1) is 21.7. The van der Waals surface area contributed by atoms with Gasteiger partial charge in [-0.05, 0) is 55.3 Å². The SMILES string of the molecule is CCCC1C[C@@](C)(I)CC=C1[C@]1(C)CCC[C@@](C)(COS(C)(=O)=O)C1. The van der Waals surface area contributed by atoms with Crippen LogP contribution in [0.3, 0.4) is 0 Å². The Morgan fingerprint density at radius 2 is 1.96 bits per heavy atom. The van der Waals surface area contributed by atoms with Crippen LogP contribution in [0.4, 0.5) is 0 Å². The maximum Gasteiger partial charge on any atom is 0.264 e. The van der Waals surface area contributed by atoms with Crippen molar-refractivity contribution in [2.75, 3.05) is 12.9 Å². The summed E-state index contributed by atoms with van der Waals surface area (Å²) in [5.74, 6) is 0.670. The van der Waals surface area contributed by atoms with Crippen LogP contribution >= 0.6 is 22.6 Å². The molecule has 3 nitrogen and oxygen atoms in total. The van der Waals surface area contributed by atoms with Gasteiger partial charge in [-0.3, -0.25) is 4.18 Å². The lowest BCUT2D eigenvalue weighted by Gasteiger charge is -2.49. The fourth-order valence-corrected chi connectivity index (χ4v) is 6.44. The molecule has 146 valence electrons. The van der Waals surface area contributed by atoms with Gasteiger partial charge in [0, 0.05) is 3.42 Å². The van der Waals surface area contributed by atoms with Gasteiger partial charge in [0.05, 0.1) is 12.9 Å². The third-order valence-corrected chi connectivity index (χ3v) is 7.57. The fourth-order valence-electron chi connectivity index (χ4n) is 5.18. The lowest BCUT2D eigenvalue weighted by molar-refractivity contribution is 0.0543. The van der Waals surface area contributed by atoms with Crippen molar-refractivity contribution in [1.29, 1.82) is 0 Å². The third-order valence-electron chi connectivity index (χ3n) is 6.14. The van der Waals surface area contributed by atoms with Crippen molar-refractivity contribution in [3.63, 3.8) is 0 Å². The van der Waals surface area contributed by atoms with E-state index in [4.69, 9.17) is 4.18 Å². The minimum absolute atomic E-state index is 0.0568. The molecule has 2 aliphatic carbocycles. The molecule has 0 spiro atoms. The summed E-state index contributed by atoms with van der Waals surface area (Å²) in [4.78, 5) is 0. The van der Waals surface area contributed by atoms with Crippen molar-refractivity contribution in [2.24, 2.45) is 16.7 Å². The topological polar surface area (TPSA) is 43.4 Å². The molecule has 0 aromatic rings. The molecular weight excluding hydrogens is 447 g/mol. The molecule has 1 unspecified atom stereocenters. The molecule has 0 radical (unpaired) electrons. The van der Waals surface area contributed by atoms with Crippen LogP contribution < -0.4 is 0 Å². The Morgan fingerprint density at radius 1 is 1.28 bits per heavy atom. The number of alkyl halides is 1. The van der Waals surface area contributed by atoms with Crippen molar-refractivity contribution in [3.05, 3.63) is 11.6 Å². The summed E-state index contributed by atoms with van der Waals surface area (Å²) in [6, 6.07) is 0. The molecule has 0 aromatic carbocycles. The molecule has 0 aliphatic heterocycles. The highest BCUT2D eigenvalue weighted by molar-refractivity contribution is 14.1. The van der Waals surface area contributed by atoms with E-state index in [0.29, 0.717) is 15.9 Å². The Hall–Kier alpha value is 0.380. The normalized spacial score (nSPS) is 39.9. The van der Waals surface area contributed by atoms with Crippen LogP contribution in [0.2, 0.25) is 0 Å². The molecule has 2 aliphatic rings. The summed E-state index contributed by atoms with van der Waals surface area (Å²) in [7, 11) is -3.37. The molecule has 1 saturated carbocycles. The van der Waals surface area contributed by atoms with E-state index in [1.165, 1.54) is 25.7 Å². The Balaban J connectivity index is 2.22. The monoisotopic (exact) mass is 482 g/mol. The Labute approximate surface area is 168 Å². The van der Waals surface area contributed by atoms with E-state index < -0.39 is 10.1 Å². The first-order chi connectivity index (χ1) is 11.4. The lowest BCUT2D eigenvalue weighted by Crippen LogP contribution is -2.41. The molecular formula is C20H35IO3S. The quantitative estimate of drug-likeness (QED) is 0.206. The molecule has 0 amide bonds. The zero-order valence-corrected chi connectivity index (χ0v) is 19.5. The van der Waals surface area contributed by atoms with Gasteiger partial charge in [-0.1, -0.05) is 74.8 Å². The van der Waals surface area contributed by atoms with E-state index in [1.54, 1.807) is 5.57 Å². The molecule has 0 bridgehead atoms. The average Bonchev–Trinajstić information content (AvgIpc) is 2.44. The van der Waals surface area contributed by atoms with E-state index in [-0.39, 0.29) is 10.8 Å². The van der Waals surface area contributed by atoms with Gasteiger partial charge < -0.3 is 0 Å². The number of halogens is 1. The average molecular weight is 482 g/mol. The minimum Gasteiger partial charge on any atom is -0.270 e. The second kappa shape index (κ2) is 7.78. The standard InChI is InChI=1S/C20H35IO3S/c1-6-8-16-13-20(4,21)12-9-17(16)19(3)11-7-10-18(2,14-19)15-24-25(5,22)23/h9,16H,6-8,10-15H2,1-5H3/t16?,18-,19-,20+/m1/s1. The summed E-state index contributed by atoms with van der Waals surface area (Å²) >= 11 is 2.63. The highest BCUT2D eigenvalue weighted by atomic mass is 127. The van der Waals surface area contributed by atoms with Crippen molar-refractivity contribution in [3.8, 4) is 0 Å². The smallest absolute Gasteiger partial charge is 0.264 e. The summed E-state index contributed by atoms with van der Waals surface area (Å²) in [5, 5.41) is 0. The third kappa shape index (κ3) is 5.93. The van der Waals surface area contributed by atoms with Crippen molar-refractivity contribution in [2.45, 2.75) is 82.5 Å².